The van der Waals surface area contributed by atoms with Crippen LogP contribution in [0.4, 0.5) is 0 Å². The molecule has 1 aromatic carbocycles. The number of halogens is 1. The van der Waals surface area contributed by atoms with Gasteiger partial charge in [0.15, 0.2) is 5.76 Å². The summed E-state index contributed by atoms with van der Waals surface area (Å²) in [5.74, 6) is -0.848. The molecule has 3 aromatic rings. The molecule has 0 fully saturated rings. The predicted molar refractivity (Wildman–Crippen MR) is 79.6 cm³/mol. The van der Waals surface area contributed by atoms with E-state index in [2.05, 4.69) is 31.8 Å². The fraction of sp³-hybridized carbons (Fsp3) is 0. The van der Waals surface area contributed by atoms with E-state index in [0.717, 1.165) is 9.86 Å². The third-order valence-electron chi connectivity index (χ3n) is 2.83. The van der Waals surface area contributed by atoms with E-state index in [4.69, 9.17) is 4.42 Å². The molecule has 0 aliphatic rings. The molecular weight excluding hydrogens is 338 g/mol. The Morgan fingerprint density at radius 2 is 1.86 bits per heavy atom. The number of hydrogen-bond donors (Lipinski definition) is 3. The van der Waals surface area contributed by atoms with Gasteiger partial charge in [0, 0.05) is 16.1 Å². The van der Waals surface area contributed by atoms with Crippen LogP contribution in [0.25, 0.3) is 11.0 Å². The Labute approximate surface area is 127 Å². The molecule has 0 saturated carbocycles. The molecule has 0 aliphatic carbocycles. The van der Waals surface area contributed by atoms with Crippen LogP contribution < -0.4 is 10.9 Å². The van der Waals surface area contributed by atoms with Gasteiger partial charge in [-0.15, -0.1) is 0 Å². The number of nitrogens with one attached hydrogen (secondary N) is 3. The van der Waals surface area contributed by atoms with Gasteiger partial charge in [-0.1, -0.05) is 18.2 Å². The van der Waals surface area contributed by atoms with Crippen LogP contribution in [0.15, 0.2) is 51.5 Å². The first-order valence-corrected chi connectivity index (χ1v) is 6.86. The van der Waals surface area contributed by atoms with Crippen molar-refractivity contribution in [3.8, 4) is 0 Å². The molecule has 0 unspecified atom stereocenters. The maximum absolute atomic E-state index is 11.9. The number of furan rings is 1. The van der Waals surface area contributed by atoms with Gasteiger partial charge in [-0.3, -0.25) is 20.4 Å². The molecule has 21 heavy (non-hydrogen) atoms. The Bertz CT molecular complexity index is 789. The molecule has 2 aromatic heterocycles. The lowest BCUT2D eigenvalue weighted by Gasteiger charge is -2.03. The first kappa shape index (κ1) is 13.4. The van der Waals surface area contributed by atoms with Crippen molar-refractivity contribution in [1.82, 2.24) is 15.8 Å². The van der Waals surface area contributed by atoms with Crippen LogP contribution in [0.5, 0.6) is 0 Å². The van der Waals surface area contributed by atoms with E-state index in [9.17, 15) is 9.59 Å². The van der Waals surface area contributed by atoms with E-state index in [-0.39, 0.29) is 5.76 Å². The number of rotatable bonds is 2. The molecule has 0 aliphatic heterocycles. The fourth-order valence-electron chi connectivity index (χ4n) is 1.84. The lowest BCUT2D eigenvalue weighted by atomic mass is 10.2. The monoisotopic (exact) mass is 347 g/mol. The number of aromatic nitrogens is 1. The zero-order valence-corrected chi connectivity index (χ0v) is 12.2. The van der Waals surface area contributed by atoms with Gasteiger partial charge < -0.3 is 9.40 Å². The SMILES string of the molecule is O=C(NNC(=O)c1cc2ccccc2o1)c1cc(Br)c[nH]1. The summed E-state index contributed by atoms with van der Waals surface area (Å²) < 4.78 is 6.14. The van der Waals surface area contributed by atoms with Crippen LogP contribution in [0, 0.1) is 0 Å². The molecular formula is C14H10BrN3O3. The zero-order chi connectivity index (χ0) is 14.8. The van der Waals surface area contributed by atoms with Crippen LogP contribution in [0.1, 0.15) is 21.0 Å². The van der Waals surface area contributed by atoms with Crippen LogP contribution in [-0.4, -0.2) is 16.8 Å². The Balaban J connectivity index is 1.67. The fourth-order valence-corrected chi connectivity index (χ4v) is 2.18. The summed E-state index contributed by atoms with van der Waals surface area (Å²) in [6.07, 6.45) is 1.62. The highest BCUT2D eigenvalue weighted by atomic mass is 79.9. The van der Waals surface area contributed by atoms with Crippen molar-refractivity contribution in [3.63, 3.8) is 0 Å². The Hall–Kier alpha value is -2.54. The first-order chi connectivity index (χ1) is 10.1. The minimum Gasteiger partial charge on any atom is -0.451 e. The summed E-state index contributed by atoms with van der Waals surface area (Å²) in [6.45, 7) is 0. The number of hydrazine groups is 1. The minimum absolute atomic E-state index is 0.129. The van der Waals surface area contributed by atoms with Gasteiger partial charge in [0.2, 0.25) is 0 Å². The molecule has 2 amide bonds. The second-order valence-corrected chi connectivity index (χ2v) is 5.20. The number of para-hydroxylation sites is 1. The van der Waals surface area contributed by atoms with Gasteiger partial charge in [-0.2, -0.15) is 0 Å². The second-order valence-electron chi connectivity index (χ2n) is 4.29. The molecule has 0 spiro atoms. The van der Waals surface area contributed by atoms with Crippen LogP contribution in [0.3, 0.4) is 0 Å². The third kappa shape index (κ3) is 2.82. The molecule has 0 bridgehead atoms. The highest BCUT2D eigenvalue weighted by Crippen LogP contribution is 2.18. The van der Waals surface area contributed by atoms with Crippen molar-refractivity contribution in [3.05, 3.63) is 58.5 Å². The summed E-state index contributed by atoms with van der Waals surface area (Å²) >= 11 is 3.22. The predicted octanol–water partition coefficient (Wildman–Crippen LogP) is 2.60. The highest BCUT2D eigenvalue weighted by molar-refractivity contribution is 9.10. The van der Waals surface area contributed by atoms with E-state index in [1.54, 1.807) is 24.4 Å². The molecule has 3 rings (SSSR count). The number of aromatic amines is 1. The van der Waals surface area contributed by atoms with Gasteiger partial charge in [0.25, 0.3) is 5.91 Å². The zero-order valence-electron chi connectivity index (χ0n) is 10.6. The van der Waals surface area contributed by atoms with E-state index in [1.807, 2.05) is 18.2 Å². The second kappa shape index (κ2) is 5.45. The average Bonchev–Trinajstić information content (AvgIpc) is 3.10. The average molecular weight is 348 g/mol. The molecule has 0 saturated heterocycles. The van der Waals surface area contributed by atoms with Crippen molar-refractivity contribution in [2.45, 2.75) is 0 Å². The largest absolute Gasteiger partial charge is 0.451 e. The van der Waals surface area contributed by atoms with Gasteiger partial charge in [0.1, 0.15) is 11.3 Å². The highest BCUT2D eigenvalue weighted by Gasteiger charge is 2.14. The number of fused-ring (bicyclic) bond motifs is 1. The maximum atomic E-state index is 11.9. The summed E-state index contributed by atoms with van der Waals surface area (Å²) in [4.78, 5) is 26.4. The maximum Gasteiger partial charge on any atom is 0.305 e. The number of carbonyl (C=O) groups is 2. The van der Waals surface area contributed by atoms with Crippen molar-refractivity contribution >= 4 is 38.7 Å². The number of carbonyl (C=O) groups excluding carboxylic acids is 2. The van der Waals surface area contributed by atoms with E-state index in [0.29, 0.717) is 11.3 Å². The van der Waals surface area contributed by atoms with E-state index >= 15 is 0 Å². The molecule has 7 heteroatoms. The molecule has 3 N–H and O–H groups in total. The summed E-state index contributed by atoms with van der Waals surface area (Å²) in [6, 6.07) is 10.5. The molecule has 0 atom stereocenters. The van der Waals surface area contributed by atoms with Gasteiger partial charge in [-0.25, -0.2) is 0 Å². The molecule has 106 valence electrons. The van der Waals surface area contributed by atoms with Crippen LogP contribution >= 0.6 is 15.9 Å². The lowest BCUT2D eigenvalue weighted by molar-refractivity contribution is 0.0830. The number of amides is 2. The van der Waals surface area contributed by atoms with Gasteiger partial charge in [-0.05, 0) is 34.1 Å². The van der Waals surface area contributed by atoms with Crippen molar-refractivity contribution in [2.75, 3.05) is 0 Å². The topological polar surface area (TPSA) is 87.1 Å². The van der Waals surface area contributed by atoms with Crippen molar-refractivity contribution in [1.29, 1.82) is 0 Å². The Kier molecular flexibility index (Phi) is 3.49. The summed E-state index contributed by atoms with van der Waals surface area (Å²) in [7, 11) is 0. The normalized spacial score (nSPS) is 10.5. The van der Waals surface area contributed by atoms with E-state index < -0.39 is 11.8 Å². The smallest absolute Gasteiger partial charge is 0.305 e. The minimum atomic E-state index is -0.523. The molecule has 2 heterocycles. The molecule has 6 nitrogen and oxygen atoms in total. The third-order valence-corrected chi connectivity index (χ3v) is 3.29. The quantitative estimate of drug-likeness (QED) is 0.622. The van der Waals surface area contributed by atoms with Gasteiger partial charge >= 0.3 is 5.91 Å². The molecule has 0 radical (unpaired) electrons. The van der Waals surface area contributed by atoms with E-state index in [1.165, 1.54) is 0 Å². The van der Waals surface area contributed by atoms with Crippen molar-refractivity contribution < 1.29 is 14.0 Å². The number of benzene rings is 1. The first-order valence-electron chi connectivity index (χ1n) is 6.06. The standard InChI is InChI=1S/C14H10BrN3O3/c15-9-6-10(16-7-9)13(19)17-18-14(20)12-5-8-3-1-2-4-11(8)21-12/h1-7,16H,(H,17,19)(H,18,20). The number of hydrogen-bond acceptors (Lipinski definition) is 3. The van der Waals surface area contributed by atoms with Crippen molar-refractivity contribution in [2.24, 2.45) is 0 Å². The summed E-state index contributed by atoms with van der Waals surface area (Å²) in [5.41, 5.74) is 5.54. The lowest BCUT2D eigenvalue weighted by Crippen LogP contribution is -2.41. The Morgan fingerprint density at radius 3 is 2.57 bits per heavy atom. The van der Waals surface area contributed by atoms with Crippen LogP contribution in [0.2, 0.25) is 0 Å². The number of H-pyrrole nitrogens is 1. The summed E-state index contributed by atoms with van der Waals surface area (Å²) in [5, 5.41) is 0.822. The van der Waals surface area contributed by atoms with Crippen LogP contribution in [-0.2, 0) is 0 Å². The Morgan fingerprint density at radius 1 is 1.10 bits per heavy atom. The van der Waals surface area contributed by atoms with Gasteiger partial charge in [0.05, 0.1) is 0 Å².